The lowest BCUT2D eigenvalue weighted by Crippen LogP contribution is -2.42. The predicted molar refractivity (Wildman–Crippen MR) is 160 cm³/mol. The van der Waals surface area contributed by atoms with E-state index in [1.54, 1.807) is 21.3 Å². The van der Waals surface area contributed by atoms with Crippen LogP contribution in [-0.4, -0.2) is 39.6 Å². The van der Waals surface area contributed by atoms with Crippen LogP contribution in [0.2, 0.25) is 0 Å². The fourth-order valence-electron chi connectivity index (χ4n) is 5.93. The van der Waals surface area contributed by atoms with Gasteiger partial charge in [-0.3, -0.25) is 9.59 Å². The van der Waals surface area contributed by atoms with Crippen LogP contribution >= 0.6 is 0 Å². The first-order chi connectivity index (χ1) is 19.8. The van der Waals surface area contributed by atoms with E-state index < -0.39 is 6.04 Å². The molecule has 0 spiro atoms. The summed E-state index contributed by atoms with van der Waals surface area (Å²) >= 11 is 0. The number of Topliss-reactive ketones (excluding diaryl/α,β-unsaturated/α-hetero) is 1. The molecule has 3 aromatic carbocycles. The van der Waals surface area contributed by atoms with Crippen molar-refractivity contribution in [2.24, 2.45) is 5.41 Å². The number of ketones is 1. The molecule has 0 radical (unpaired) electrons. The van der Waals surface area contributed by atoms with Crippen LogP contribution in [0.25, 0.3) is 0 Å². The topological polar surface area (TPSA) is 89.1 Å². The van der Waals surface area contributed by atoms with E-state index in [0.717, 1.165) is 28.2 Å². The highest BCUT2D eigenvalue weighted by Crippen LogP contribution is 2.50. The number of para-hydroxylation sites is 4. The number of carbonyl (C=O) groups excluding carboxylic acids is 2. The van der Waals surface area contributed by atoms with Crippen LogP contribution in [0, 0.1) is 5.41 Å². The zero-order chi connectivity index (χ0) is 29.1. The molecule has 214 valence electrons. The second kappa shape index (κ2) is 11.6. The van der Waals surface area contributed by atoms with Gasteiger partial charge in [-0.05, 0) is 36.1 Å². The number of methoxy groups -OCH3 is 3. The molecule has 1 unspecified atom stereocenters. The molecule has 5 rings (SSSR count). The van der Waals surface area contributed by atoms with E-state index >= 15 is 0 Å². The predicted octanol–water partition coefficient (Wildman–Crippen LogP) is 5.65. The standard InChI is InChI=1S/C33H37N3O5/c1-33(2)17-24-30(26(37)18-33)31(22-12-10-16-28(40-4)32(22)41-5)36(25-14-8-7-13-23(25)35-24)20-29(38)34-19-21-11-6-9-15-27(21)39-3/h6-16,31,35H,17-20H2,1-5H3,(H,34,38). The Morgan fingerprint density at radius 1 is 0.927 bits per heavy atom. The molecular formula is C33H37N3O5. The maximum Gasteiger partial charge on any atom is 0.239 e. The fourth-order valence-corrected chi connectivity index (χ4v) is 5.93. The number of rotatable bonds is 8. The average molecular weight is 556 g/mol. The highest BCUT2D eigenvalue weighted by Gasteiger charge is 2.43. The summed E-state index contributed by atoms with van der Waals surface area (Å²) in [6, 6.07) is 20.5. The molecule has 2 aliphatic rings. The van der Waals surface area contributed by atoms with E-state index in [2.05, 4.69) is 24.5 Å². The summed E-state index contributed by atoms with van der Waals surface area (Å²) in [6.07, 6.45) is 1.10. The molecule has 8 heteroatoms. The normalized spacial score (nSPS) is 17.5. The van der Waals surface area contributed by atoms with Crippen LogP contribution in [-0.2, 0) is 16.1 Å². The zero-order valence-electron chi connectivity index (χ0n) is 24.2. The number of hydrogen-bond acceptors (Lipinski definition) is 7. The Morgan fingerprint density at radius 2 is 1.63 bits per heavy atom. The van der Waals surface area contributed by atoms with Gasteiger partial charge >= 0.3 is 0 Å². The minimum atomic E-state index is -0.591. The number of benzene rings is 3. The summed E-state index contributed by atoms with van der Waals surface area (Å²) in [6.45, 7) is 4.53. The number of allylic oxidation sites excluding steroid dienone is 1. The third-order valence-corrected chi connectivity index (χ3v) is 7.71. The van der Waals surface area contributed by atoms with Crippen molar-refractivity contribution in [3.05, 3.63) is 89.1 Å². The third kappa shape index (κ3) is 5.59. The molecule has 0 aromatic heterocycles. The molecule has 1 aliphatic heterocycles. The lowest BCUT2D eigenvalue weighted by molar-refractivity contribution is -0.121. The average Bonchev–Trinajstić information content (AvgIpc) is 3.09. The molecule has 0 bridgehead atoms. The van der Waals surface area contributed by atoms with Crippen molar-refractivity contribution >= 4 is 23.1 Å². The Balaban J connectivity index is 1.63. The molecular weight excluding hydrogens is 518 g/mol. The van der Waals surface area contributed by atoms with Crippen molar-refractivity contribution < 1.29 is 23.8 Å². The zero-order valence-corrected chi connectivity index (χ0v) is 24.2. The van der Waals surface area contributed by atoms with Gasteiger partial charge in [-0.25, -0.2) is 0 Å². The third-order valence-electron chi connectivity index (χ3n) is 7.71. The first-order valence-corrected chi connectivity index (χ1v) is 13.7. The summed E-state index contributed by atoms with van der Waals surface area (Å²) in [4.78, 5) is 29.6. The Bertz CT molecular complexity index is 1500. The number of anilines is 2. The van der Waals surface area contributed by atoms with Crippen molar-refractivity contribution in [2.75, 3.05) is 38.1 Å². The summed E-state index contributed by atoms with van der Waals surface area (Å²) < 4.78 is 17.0. The molecule has 8 nitrogen and oxygen atoms in total. The van der Waals surface area contributed by atoms with E-state index in [0.29, 0.717) is 42.2 Å². The van der Waals surface area contributed by atoms with Gasteiger partial charge in [0.25, 0.3) is 0 Å². The van der Waals surface area contributed by atoms with Crippen LogP contribution in [0.1, 0.15) is 43.9 Å². The lowest BCUT2D eigenvalue weighted by Gasteiger charge is -2.38. The van der Waals surface area contributed by atoms with Crippen molar-refractivity contribution in [1.29, 1.82) is 0 Å². The largest absolute Gasteiger partial charge is 0.496 e. The molecule has 1 atom stereocenters. The molecule has 2 N–H and O–H groups in total. The van der Waals surface area contributed by atoms with Gasteiger partial charge in [-0.1, -0.05) is 56.3 Å². The van der Waals surface area contributed by atoms with Gasteiger partial charge in [0.1, 0.15) is 5.75 Å². The monoisotopic (exact) mass is 555 g/mol. The van der Waals surface area contributed by atoms with Crippen LogP contribution in [0.5, 0.6) is 17.2 Å². The smallest absolute Gasteiger partial charge is 0.239 e. The summed E-state index contributed by atoms with van der Waals surface area (Å²) in [5, 5.41) is 6.64. The number of nitrogens with zero attached hydrogens (tertiary/aromatic N) is 1. The second-order valence-corrected chi connectivity index (χ2v) is 11.2. The molecule has 0 fully saturated rings. The van der Waals surface area contributed by atoms with Gasteiger partial charge in [0.2, 0.25) is 5.91 Å². The van der Waals surface area contributed by atoms with Gasteiger partial charge in [-0.15, -0.1) is 0 Å². The number of fused-ring (bicyclic) bond motifs is 1. The van der Waals surface area contributed by atoms with E-state index in [9.17, 15) is 9.59 Å². The van der Waals surface area contributed by atoms with E-state index in [1.165, 1.54) is 0 Å². The van der Waals surface area contributed by atoms with Gasteiger partial charge in [0.15, 0.2) is 17.3 Å². The number of hydrogen-bond donors (Lipinski definition) is 2. The van der Waals surface area contributed by atoms with E-state index in [4.69, 9.17) is 14.2 Å². The Hall–Kier alpha value is -4.46. The van der Waals surface area contributed by atoms with Crippen molar-refractivity contribution in [2.45, 2.75) is 39.3 Å². The van der Waals surface area contributed by atoms with Gasteiger partial charge in [-0.2, -0.15) is 0 Å². The maximum atomic E-state index is 14.0. The molecule has 1 amide bonds. The van der Waals surface area contributed by atoms with E-state index in [1.807, 2.05) is 71.6 Å². The number of ether oxygens (including phenoxy) is 3. The van der Waals surface area contributed by atoms with Gasteiger partial charge in [0, 0.05) is 35.4 Å². The second-order valence-electron chi connectivity index (χ2n) is 11.2. The van der Waals surface area contributed by atoms with Gasteiger partial charge in [0.05, 0.1) is 45.3 Å². The summed E-state index contributed by atoms with van der Waals surface area (Å²) in [7, 11) is 4.80. The highest BCUT2D eigenvalue weighted by molar-refractivity contribution is 6.02. The first kappa shape index (κ1) is 28.1. The van der Waals surface area contributed by atoms with Gasteiger partial charge < -0.3 is 29.7 Å². The quantitative estimate of drug-likeness (QED) is 0.372. The van der Waals surface area contributed by atoms with Crippen LogP contribution in [0.4, 0.5) is 11.4 Å². The first-order valence-electron chi connectivity index (χ1n) is 13.7. The minimum Gasteiger partial charge on any atom is -0.496 e. The fraction of sp³-hybridized carbons (Fsp3) is 0.333. The van der Waals surface area contributed by atoms with Crippen LogP contribution in [0.15, 0.2) is 78.0 Å². The SMILES string of the molecule is COc1ccccc1CNC(=O)CN1c2ccccc2NC2=C(C(=O)CC(C)(C)C2)C1c1cccc(OC)c1OC. The van der Waals surface area contributed by atoms with E-state index in [-0.39, 0.29) is 23.7 Å². The van der Waals surface area contributed by atoms with Crippen molar-refractivity contribution in [3.63, 3.8) is 0 Å². The number of amides is 1. The minimum absolute atomic E-state index is 0.00628. The molecule has 41 heavy (non-hydrogen) atoms. The van der Waals surface area contributed by atoms with Crippen molar-refractivity contribution in [3.8, 4) is 17.2 Å². The van der Waals surface area contributed by atoms with Crippen LogP contribution in [0.3, 0.4) is 0 Å². The summed E-state index contributed by atoms with van der Waals surface area (Å²) in [5.41, 5.74) is 4.59. The maximum absolute atomic E-state index is 14.0. The molecule has 0 saturated carbocycles. The highest BCUT2D eigenvalue weighted by atomic mass is 16.5. The Morgan fingerprint density at radius 3 is 2.39 bits per heavy atom. The summed E-state index contributed by atoms with van der Waals surface area (Å²) in [5.74, 6) is 1.66. The molecule has 1 heterocycles. The Labute approximate surface area is 241 Å². The Kier molecular flexibility index (Phi) is 7.92. The molecule has 3 aromatic rings. The molecule has 1 aliphatic carbocycles. The lowest BCUT2D eigenvalue weighted by atomic mass is 9.73. The number of nitrogens with one attached hydrogen (secondary N) is 2. The van der Waals surface area contributed by atoms with Crippen molar-refractivity contribution in [1.82, 2.24) is 5.32 Å². The van der Waals surface area contributed by atoms with Crippen LogP contribution < -0.4 is 29.7 Å². The number of carbonyl (C=O) groups is 2. The molecule has 0 saturated heterocycles.